The molecule has 1 atom stereocenters. The molecule has 1 nitrogen and oxygen atoms in total. The van der Waals surface area contributed by atoms with Crippen LogP contribution in [-0.4, -0.2) is 4.98 Å². The topological polar surface area (TPSA) is 15.8 Å². The van der Waals surface area contributed by atoms with Gasteiger partial charge in [-0.2, -0.15) is 0 Å². The minimum atomic E-state index is 0.407. The predicted octanol–water partition coefficient (Wildman–Crippen LogP) is 7.55. The third-order valence-electron chi connectivity index (χ3n) is 5.46. The molecule has 0 amide bonds. The first-order valence-electron chi connectivity index (χ1n) is 10.1. The van der Waals surface area contributed by atoms with Gasteiger partial charge in [-0.15, -0.1) is 0 Å². The normalized spacial score (nSPS) is 12.3. The summed E-state index contributed by atoms with van der Waals surface area (Å²) in [6, 6.07) is 30.5. The van der Waals surface area contributed by atoms with Crippen molar-refractivity contribution in [1.29, 1.82) is 0 Å². The van der Waals surface area contributed by atoms with Crippen LogP contribution in [-0.2, 0) is 0 Å². The van der Waals surface area contributed by atoms with Crippen molar-refractivity contribution in [1.82, 2.24) is 4.98 Å². The molecule has 136 valence electrons. The first kappa shape index (κ1) is 17.6. The third kappa shape index (κ3) is 3.68. The number of para-hydroxylation sites is 1. The summed E-state index contributed by atoms with van der Waals surface area (Å²) in [5.74, 6) is 0.407. The number of rotatable bonds is 7. The molecule has 0 aliphatic carbocycles. The summed E-state index contributed by atoms with van der Waals surface area (Å²) in [5.41, 5.74) is 6.61. The van der Waals surface area contributed by atoms with Crippen molar-refractivity contribution in [2.45, 2.75) is 38.5 Å². The van der Waals surface area contributed by atoms with E-state index >= 15 is 0 Å². The number of hydrogen-bond donors (Lipinski definition) is 1. The maximum Gasteiger partial charge on any atom is 0.0503 e. The first-order valence-corrected chi connectivity index (χ1v) is 10.1. The molecule has 0 aliphatic heterocycles. The molecule has 0 fully saturated rings. The Morgan fingerprint density at radius 2 is 1.41 bits per heavy atom. The smallest absolute Gasteiger partial charge is 0.0503 e. The van der Waals surface area contributed by atoms with Gasteiger partial charge in [0.05, 0.1) is 5.69 Å². The van der Waals surface area contributed by atoms with Crippen molar-refractivity contribution >= 4 is 10.9 Å². The second kappa shape index (κ2) is 8.26. The maximum atomic E-state index is 3.72. The van der Waals surface area contributed by atoms with E-state index < -0.39 is 0 Å². The largest absolute Gasteiger partial charge is 0.354 e. The molecule has 0 radical (unpaired) electrons. The Morgan fingerprint density at radius 3 is 2.15 bits per heavy atom. The zero-order valence-electron chi connectivity index (χ0n) is 16.0. The Balaban J connectivity index is 1.90. The van der Waals surface area contributed by atoms with Crippen molar-refractivity contribution in [2.75, 3.05) is 0 Å². The minimum Gasteiger partial charge on any atom is -0.354 e. The Labute approximate surface area is 162 Å². The minimum absolute atomic E-state index is 0.407. The fourth-order valence-electron chi connectivity index (χ4n) is 4.12. The second-order valence-electron chi connectivity index (χ2n) is 7.28. The molecule has 4 aromatic rings. The number of aromatic amines is 1. The average Bonchev–Trinajstić information content (AvgIpc) is 3.12. The quantitative estimate of drug-likeness (QED) is 0.330. The van der Waals surface area contributed by atoms with Crippen LogP contribution in [0.5, 0.6) is 0 Å². The van der Waals surface area contributed by atoms with Crippen molar-refractivity contribution in [3.05, 3.63) is 96.1 Å². The zero-order chi connectivity index (χ0) is 18.5. The summed E-state index contributed by atoms with van der Waals surface area (Å²) in [6.07, 6.45) is 4.97. The van der Waals surface area contributed by atoms with Gasteiger partial charge in [-0.05, 0) is 29.2 Å². The van der Waals surface area contributed by atoms with Crippen molar-refractivity contribution < 1.29 is 0 Å². The van der Waals surface area contributed by atoms with Gasteiger partial charge in [0.2, 0.25) is 0 Å². The van der Waals surface area contributed by atoms with E-state index in [0.29, 0.717) is 5.92 Å². The first-order chi connectivity index (χ1) is 13.4. The fraction of sp³-hybridized carbons (Fsp3) is 0.231. The van der Waals surface area contributed by atoms with Crippen LogP contribution < -0.4 is 0 Å². The van der Waals surface area contributed by atoms with E-state index in [-0.39, 0.29) is 0 Å². The second-order valence-corrected chi connectivity index (χ2v) is 7.28. The van der Waals surface area contributed by atoms with E-state index in [1.165, 1.54) is 59.0 Å². The van der Waals surface area contributed by atoms with Gasteiger partial charge in [-0.3, -0.25) is 0 Å². The summed E-state index contributed by atoms with van der Waals surface area (Å²) < 4.78 is 0. The maximum absolute atomic E-state index is 3.72. The van der Waals surface area contributed by atoms with Gasteiger partial charge in [-0.25, -0.2) is 0 Å². The molecule has 1 heteroatoms. The predicted molar refractivity (Wildman–Crippen MR) is 116 cm³/mol. The summed E-state index contributed by atoms with van der Waals surface area (Å²) >= 11 is 0. The number of aromatic nitrogens is 1. The fourth-order valence-corrected chi connectivity index (χ4v) is 4.12. The highest BCUT2D eigenvalue weighted by atomic mass is 14.7. The van der Waals surface area contributed by atoms with E-state index in [2.05, 4.69) is 96.8 Å². The van der Waals surface area contributed by atoms with Gasteiger partial charge >= 0.3 is 0 Å². The molecule has 0 bridgehead atoms. The highest BCUT2D eigenvalue weighted by Crippen LogP contribution is 2.41. The van der Waals surface area contributed by atoms with Crippen LogP contribution >= 0.6 is 0 Å². The van der Waals surface area contributed by atoms with Gasteiger partial charge in [-0.1, -0.05) is 105 Å². The molecule has 1 aromatic heterocycles. The summed E-state index contributed by atoms with van der Waals surface area (Å²) in [7, 11) is 0. The average molecular weight is 354 g/mol. The van der Waals surface area contributed by atoms with Crippen molar-refractivity contribution in [3.63, 3.8) is 0 Å². The van der Waals surface area contributed by atoms with Crippen LogP contribution in [0.15, 0.2) is 84.9 Å². The molecular weight excluding hydrogens is 326 g/mol. The van der Waals surface area contributed by atoms with Crippen LogP contribution in [0.3, 0.4) is 0 Å². The summed E-state index contributed by atoms with van der Waals surface area (Å²) in [6.45, 7) is 2.28. The van der Waals surface area contributed by atoms with E-state index in [9.17, 15) is 0 Å². The molecule has 3 aromatic carbocycles. The van der Waals surface area contributed by atoms with E-state index in [0.717, 1.165) is 0 Å². The monoisotopic (exact) mass is 353 g/mol. The van der Waals surface area contributed by atoms with Crippen LogP contribution in [0.1, 0.15) is 49.7 Å². The van der Waals surface area contributed by atoms with Gasteiger partial charge in [0.25, 0.3) is 0 Å². The lowest BCUT2D eigenvalue weighted by atomic mass is 9.84. The number of benzene rings is 3. The van der Waals surface area contributed by atoms with E-state index in [4.69, 9.17) is 0 Å². The molecule has 1 heterocycles. The SMILES string of the molecule is CCCCCC(c1ccccc1)c1c(-c2ccccc2)[nH]c2ccccc12. The van der Waals surface area contributed by atoms with Crippen LogP contribution in [0.2, 0.25) is 0 Å². The van der Waals surface area contributed by atoms with Gasteiger partial charge in [0.1, 0.15) is 0 Å². The highest BCUT2D eigenvalue weighted by molar-refractivity contribution is 5.92. The summed E-state index contributed by atoms with van der Waals surface area (Å²) in [5, 5.41) is 1.35. The molecular formula is C26H27N. The molecule has 4 rings (SSSR count). The highest BCUT2D eigenvalue weighted by Gasteiger charge is 2.22. The van der Waals surface area contributed by atoms with E-state index in [1.54, 1.807) is 0 Å². The van der Waals surface area contributed by atoms with Crippen LogP contribution in [0.25, 0.3) is 22.2 Å². The van der Waals surface area contributed by atoms with Crippen molar-refractivity contribution in [2.24, 2.45) is 0 Å². The lowest BCUT2D eigenvalue weighted by Crippen LogP contribution is -2.03. The molecule has 0 spiro atoms. The van der Waals surface area contributed by atoms with Gasteiger partial charge in [0.15, 0.2) is 0 Å². The molecule has 27 heavy (non-hydrogen) atoms. The Bertz CT molecular complexity index is 983. The number of unbranched alkanes of at least 4 members (excludes halogenated alkanes) is 2. The van der Waals surface area contributed by atoms with Crippen molar-refractivity contribution in [3.8, 4) is 11.3 Å². The van der Waals surface area contributed by atoms with Gasteiger partial charge in [0, 0.05) is 16.8 Å². The molecule has 0 saturated carbocycles. The Kier molecular flexibility index (Phi) is 5.39. The summed E-state index contributed by atoms with van der Waals surface area (Å²) in [4.78, 5) is 3.72. The standard InChI is InChI=1S/C26H27N/c1-2-3-6-17-22(20-13-7-4-8-14-20)25-23-18-11-12-19-24(23)27-26(25)21-15-9-5-10-16-21/h4-5,7-16,18-19,22,27H,2-3,6,17H2,1H3. The Morgan fingerprint density at radius 1 is 0.741 bits per heavy atom. The van der Waals surface area contributed by atoms with Crippen LogP contribution in [0, 0.1) is 0 Å². The number of nitrogens with one attached hydrogen (secondary N) is 1. The molecule has 0 aliphatic rings. The number of fused-ring (bicyclic) bond motifs is 1. The lowest BCUT2D eigenvalue weighted by molar-refractivity contribution is 0.621. The molecule has 0 saturated heterocycles. The number of H-pyrrole nitrogens is 1. The zero-order valence-corrected chi connectivity index (χ0v) is 16.0. The molecule has 1 unspecified atom stereocenters. The third-order valence-corrected chi connectivity index (χ3v) is 5.46. The van der Waals surface area contributed by atoms with Crippen LogP contribution in [0.4, 0.5) is 0 Å². The lowest BCUT2D eigenvalue weighted by Gasteiger charge is -2.20. The van der Waals surface area contributed by atoms with E-state index in [1.807, 2.05) is 0 Å². The number of hydrogen-bond acceptors (Lipinski definition) is 0. The molecule has 1 N–H and O–H groups in total. The Hall–Kier alpha value is -2.80. The van der Waals surface area contributed by atoms with Gasteiger partial charge < -0.3 is 4.98 Å².